The van der Waals surface area contributed by atoms with Gasteiger partial charge in [0.05, 0.1) is 5.56 Å². The molecular formula is C15H21F3N2. The molecule has 0 bridgehead atoms. The van der Waals surface area contributed by atoms with Crippen molar-refractivity contribution in [3.63, 3.8) is 0 Å². The van der Waals surface area contributed by atoms with Gasteiger partial charge < -0.3 is 5.32 Å². The summed E-state index contributed by atoms with van der Waals surface area (Å²) in [7, 11) is 0. The Morgan fingerprint density at radius 3 is 2.75 bits per heavy atom. The van der Waals surface area contributed by atoms with E-state index in [0.717, 1.165) is 37.7 Å². The van der Waals surface area contributed by atoms with E-state index in [2.05, 4.69) is 24.1 Å². The SMILES string of the molecule is CC1(C)CN(Cc2cccc(C(F)(F)F)c2)CCCN1. The molecule has 0 atom stereocenters. The quantitative estimate of drug-likeness (QED) is 0.897. The third-order valence-corrected chi connectivity index (χ3v) is 3.53. The zero-order chi connectivity index (χ0) is 14.8. The number of alkyl halides is 3. The van der Waals surface area contributed by atoms with Gasteiger partial charge in [-0.05, 0) is 45.0 Å². The Hall–Kier alpha value is -1.07. The molecule has 20 heavy (non-hydrogen) atoms. The van der Waals surface area contributed by atoms with Crippen molar-refractivity contribution in [3.8, 4) is 0 Å². The third kappa shape index (κ3) is 4.21. The van der Waals surface area contributed by atoms with Crippen LogP contribution in [0.1, 0.15) is 31.4 Å². The van der Waals surface area contributed by atoms with Gasteiger partial charge in [0, 0.05) is 18.6 Å². The molecule has 0 spiro atoms. The Labute approximate surface area is 118 Å². The molecule has 112 valence electrons. The van der Waals surface area contributed by atoms with Crippen LogP contribution < -0.4 is 5.32 Å². The van der Waals surface area contributed by atoms with Gasteiger partial charge >= 0.3 is 6.18 Å². The van der Waals surface area contributed by atoms with Crippen LogP contribution in [0, 0.1) is 0 Å². The second kappa shape index (κ2) is 5.74. The van der Waals surface area contributed by atoms with E-state index in [9.17, 15) is 13.2 Å². The molecule has 1 fully saturated rings. The monoisotopic (exact) mass is 286 g/mol. The normalized spacial score (nSPS) is 20.6. The number of rotatable bonds is 2. The highest BCUT2D eigenvalue weighted by Crippen LogP contribution is 2.29. The molecule has 0 radical (unpaired) electrons. The minimum atomic E-state index is -4.27. The Bertz CT molecular complexity index is 455. The highest BCUT2D eigenvalue weighted by atomic mass is 19.4. The lowest BCUT2D eigenvalue weighted by Gasteiger charge is -2.30. The highest BCUT2D eigenvalue weighted by molar-refractivity contribution is 5.25. The molecule has 0 aliphatic carbocycles. The summed E-state index contributed by atoms with van der Waals surface area (Å²) in [6.07, 6.45) is -3.25. The van der Waals surface area contributed by atoms with Gasteiger partial charge in [0.2, 0.25) is 0 Å². The van der Waals surface area contributed by atoms with Crippen molar-refractivity contribution in [2.45, 2.75) is 38.5 Å². The van der Waals surface area contributed by atoms with Crippen LogP contribution >= 0.6 is 0 Å². The summed E-state index contributed by atoms with van der Waals surface area (Å²) in [4.78, 5) is 2.22. The summed E-state index contributed by atoms with van der Waals surface area (Å²) < 4.78 is 38.1. The molecule has 0 aromatic heterocycles. The maximum atomic E-state index is 12.7. The summed E-state index contributed by atoms with van der Waals surface area (Å²) in [6.45, 7) is 7.51. The van der Waals surface area contributed by atoms with E-state index in [-0.39, 0.29) is 5.54 Å². The summed E-state index contributed by atoms with van der Waals surface area (Å²) in [5, 5.41) is 3.45. The van der Waals surface area contributed by atoms with E-state index in [1.807, 2.05) is 0 Å². The standard InChI is InChI=1S/C15H21F3N2/c1-14(2)11-20(8-4-7-19-14)10-12-5-3-6-13(9-12)15(16,17)18/h3,5-6,9,19H,4,7-8,10-11H2,1-2H3. The lowest BCUT2D eigenvalue weighted by atomic mass is 10.0. The summed E-state index contributed by atoms with van der Waals surface area (Å²) in [5.41, 5.74) is 0.151. The average Bonchev–Trinajstić information content (AvgIpc) is 2.49. The van der Waals surface area contributed by atoms with Crippen molar-refractivity contribution in [2.75, 3.05) is 19.6 Å². The Morgan fingerprint density at radius 2 is 2.05 bits per heavy atom. The molecule has 1 aliphatic heterocycles. The molecule has 2 nitrogen and oxygen atoms in total. The van der Waals surface area contributed by atoms with E-state index < -0.39 is 11.7 Å². The minimum absolute atomic E-state index is 0.00185. The maximum Gasteiger partial charge on any atom is 0.416 e. The van der Waals surface area contributed by atoms with Crippen molar-refractivity contribution in [3.05, 3.63) is 35.4 Å². The lowest BCUT2D eigenvalue weighted by Crippen LogP contribution is -2.46. The van der Waals surface area contributed by atoms with Crippen LogP contribution in [-0.4, -0.2) is 30.1 Å². The molecule has 1 aromatic carbocycles. The first kappa shape index (κ1) is 15.3. The van der Waals surface area contributed by atoms with E-state index >= 15 is 0 Å². The maximum absolute atomic E-state index is 12.7. The predicted octanol–water partition coefficient (Wildman–Crippen LogP) is 3.28. The number of hydrogen-bond donors (Lipinski definition) is 1. The van der Waals surface area contributed by atoms with Crippen molar-refractivity contribution in [1.82, 2.24) is 10.2 Å². The van der Waals surface area contributed by atoms with Crippen molar-refractivity contribution in [1.29, 1.82) is 0 Å². The zero-order valence-corrected chi connectivity index (χ0v) is 11.9. The van der Waals surface area contributed by atoms with Crippen LogP contribution in [0.4, 0.5) is 13.2 Å². The molecule has 1 saturated heterocycles. The minimum Gasteiger partial charge on any atom is -0.310 e. The molecule has 1 heterocycles. The first-order chi connectivity index (χ1) is 9.26. The topological polar surface area (TPSA) is 15.3 Å². The first-order valence-corrected chi connectivity index (χ1v) is 6.90. The van der Waals surface area contributed by atoms with E-state index in [1.54, 1.807) is 6.07 Å². The number of nitrogens with zero attached hydrogens (tertiary/aromatic N) is 1. The Morgan fingerprint density at radius 1 is 1.30 bits per heavy atom. The van der Waals surface area contributed by atoms with Crippen LogP contribution in [-0.2, 0) is 12.7 Å². The first-order valence-electron chi connectivity index (χ1n) is 6.90. The van der Waals surface area contributed by atoms with Gasteiger partial charge in [0.1, 0.15) is 0 Å². The molecule has 5 heteroatoms. The molecule has 1 N–H and O–H groups in total. The van der Waals surface area contributed by atoms with Gasteiger partial charge in [-0.3, -0.25) is 4.90 Å². The van der Waals surface area contributed by atoms with Crippen molar-refractivity contribution in [2.24, 2.45) is 0 Å². The second-order valence-electron chi connectivity index (χ2n) is 6.07. The fraction of sp³-hybridized carbons (Fsp3) is 0.600. The highest BCUT2D eigenvalue weighted by Gasteiger charge is 2.30. The lowest BCUT2D eigenvalue weighted by molar-refractivity contribution is -0.137. The van der Waals surface area contributed by atoms with Crippen molar-refractivity contribution >= 4 is 0 Å². The fourth-order valence-electron chi connectivity index (χ4n) is 2.66. The molecule has 0 amide bonds. The van der Waals surface area contributed by atoms with Gasteiger partial charge in [-0.25, -0.2) is 0 Å². The number of nitrogens with one attached hydrogen (secondary N) is 1. The van der Waals surface area contributed by atoms with Crippen LogP contribution in [0.2, 0.25) is 0 Å². The number of benzene rings is 1. The zero-order valence-electron chi connectivity index (χ0n) is 11.9. The van der Waals surface area contributed by atoms with E-state index in [0.29, 0.717) is 6.54 Å². The van der Waals surface area contributed by atoms with Crippen LogP contribution in [0.25, 0.3) is 0 Å². The summed E-state index contributed by atoms with van der Waals surface area (Å²) in [6, 6.07) is 5.63. The van der Waals surface area contributed by atoms with Gasteiger partial charge in [0.25, 0.3) is 0 Å². The van der Waals surface area contributed by atoms with Gasteiger partial charge in [0.15, 0.2) is 0 Å². The third-order valence-electron chi connectivity index (χ3n) is 3.53. The largest absolute Gasteiger partial charge is 0.416 e. The number of hydrogen-bond acceptors (Lipinski definition) is 2. The summed E-state index contributed by atoms with van der Waals surface area (Å²) >= 11 is 0. The van der Waals surface area contributed by atoms with Gasteiger partial charge in [-0.2, -0.15) is 13.2 Å². The summed E-state index contributed by atoms with van der Waals surface area (Å²) in [5.74, 6) is 0. The molecular weight excluding hydrogens is 265 g/mol. The van der Waals surface area contributed by atoms with Crippen LogP contribution in [0.5, 0.6) is 0 Å². The second-order valence-corrected chi connectivity index (χ2v) is 6.07. The smallest absolute Gasteiger partial charge is 0.310 e. The Balaban J connectivity index is 2.09. The fourth-order valence-corrected chi connectivity index (χ4v) is 2.66. The van der Waals surface area contributed by atoms with Crippen LogP contribution in [0.3, 0.4) is 0 Å². The molecule has 2 rings (SSSR count). The van der Waals surface area contributed by atoms with Crippen molar-refractivity contribution < 1.29 is 13.2 Å². The molecule has 0 unspecified atom stereocenters. The Kier molecular flexibility index (Phi) is 4.39. The predicted molar refractivity (Wildman–Crippen MR) is 73.4 cm³/mol. The van der Waals surface area contributed by atoms with E-state index in [4.69, 9.17) is 0 Å². The van der Waals surface area contributed by atoms with Crippen LogP contribution in [0.15, 0.2) is 24.3 Å². The molecule has 1 aliphatic rings. The molecule has 1 aromatic rings. The van der Waals surface area contributed by atoms with E-state index in [1.165, 1.54) is 12.1 Å². The van der Waals surface area contributed by atoms with Gasteiger partial charge in [-0.1, -0.05) is 18.2 Å². The molecule has 0 saturated carbocycles. The van der Waals surface area contributed by atoms with Gasteiger partial charge in [-0.15, -0.1) is 0 Å². The number of halogens is 3. The average molecular weight is 286 g/mol.